The average molecular weight is 381 g/mol. The first kappa shape index (κ1) is 15.3. The molecule has 0 aliphatic rings. The number of halogens is 2. The van der Waals surface area contributed by atoms with Crippen LogP contribution in [0.1, 0.15) is 0 Å². The van der Waals surface area contributed by atoms with E-state index in [4.69, 9.17) is 16.7 Å². The third-order valence-electron chi connectivity index (χ3n) is 2.42. The van der Waals surface area contributed by atoms with Gasteiger partial charge >= 0.3 is 0 Å². The van der Waals surface area contributed by atoms with E-state index in [1.165, 1.54) is 23.1 Å². The molecule has 1 heterocycles. The van der Waals surface area contributed by atoms with Crippen molar-refractivity contribution in [2.45, 2.75) is 11.4 Å². The number of nitrogens with one attached hydrogen (secondary N) is 1. The van der Waals surface area contributed by atoms with Crippen molar-refractivity contribution in [1.29, 1.82) is 0 Å². The van der Waals surface area contributed by atoms with Gasteiger partial charge in [-0.2, -0.15) is 5.10 Å². The molecule has 2 rings (SSSR count). The number of aliphatic hydroxyl groups is 1. The summed E-state index contributed by atoms with van der Waals surface area (Å²) < 4.78 is 28.7. The zero-order valence-electron chi connectivity index (χ0n) is 10.1. The van der Waals surface area contributed by atoms with Crippen LogP contribution in [-0.4, -0.2) is 29.9 Å². The summed E-state index contributed by atoms with van der Waals surface area (Å²) in [5.74, 6) is 0. The van der Waals surface area contributed by atoms with Gasteiger partial charge in [0, 0.05) is 15.7 Å². The SMILES string of the molecule is O=S(=O)(Nc1cc(Cl)ccc1Br)c1cnn(CCO)c1. The Morgan fingerprint density at radius 2 is 2.20 bits per heavy atom. The van der Waals surface area contributed by atoms with E-state index < -0.39 is 10.0 Å². The molecule has 0 bridgehead atoms. The summed E-state index contributed by atoms with van der Waals surface area (Å²) in [5.41, 5.74) is 0.340. The van der Waals surface area contributed by atoms with E-state index in [1.807, 2.05) is 0 Å². The fourth-order valence-corrected chi connectivity index (χ4v) is 3.16. The molecule has 1 aromatic heterocycles. The maximum atomic E-state index is 12.2. The second-order valence-electron chi connectivity index (χ2n) is 3.89. The highest BCUT2D eigenvalue weighted by molar-refractivity contribution is 9.10. The van der Waals surface area contributed by atoms with Crippen molar-refractivity contribution < 1.29 is 13.5 Å². The molecule has 9 heteroatoms. The third-order valence-corrected chi connectivity index (χ3v) is 4.67. The van der Waals surface area contributed by atoms with Gasteiger partial charge in [-0.25, -0.2) is 8.42 Å². The number of nitrogens with zero attached hydrogens (tertiary/aromatic N) is 2. The fraction of sp³-hybridized carbons (Fsp3) is 0.182. The summed E-state index contributed by atoms with van der Waals surface area (Å²) in [6.45, 7) is 0.116. The second-order valence-corrected chi connectivity index (χ2v) is 6.87. The molecule has 0 radical (unpaired) electrons. The minimum atomic E-state index is -3.75. The lowest BCUT2D eigenvalue weighted by molar-refractivity contribution is 0.269. The van der Waals surface area contributed by atoms with E-state index in [1.54, 1.807) is 12.1 Å². The zero-order chi connectivity index (χ0) is 14.8. The Hall–Kier alpha value is -1.09. The first-order valence-electron chi connectivity index (χ1n) is 5.53. The quantitative estimate of drug-likeness (QED) is 0.832. The number of hydrogen-bond acceptors (Lipinski definition) is 4. The van der Waals surface area contributed by atoms with Crippen LogP contribution < -0.4 is 4.72 Å². The minimum Gasteiger partial charge on any atom is -0.394 e. The van der Waals surface area contributed by atoms with Crippen molar-refractivity contribution in [2.24, 2.45) is 0 Å². The van der Waals surface area contributed by atoms with Crippen LogP contribution in [0.15, 0.2) is 40.0 Å². The molecule has 0 aliphatic heterocycles. The average Bonchev–Trinajstić information content (AvgIpc) is 2.83. The summed E-state index contributed by atoms with van der Waals surface area (Å²) in [6.07, 6.45) is 2.56. The molecule has 0 saturated carbocycles. The molecule has 6 nitrogen and oxygen atoms in total. The minimum absolute atomic E-state index is 0.0119. The van der Waals surface area contributed by atoms with Gasteiger partial charge in [0.2, 0.25) is 0 Å². The normalized spacial score (nSPS) is 11.6. The number of rotatable bonds is 5. The number of aliphatic hydroxyl groups excluding tert-OH is 1. The molecule has 0 fully saturated rings. The Morgan fingerprint density at radius 3 is 2.90 bits per heavy atom. The zero-order valence-corrected chi connectivity index (χ0v) is 13.3. The van der Waals surface area contributed by atoms with E-state index in [-0.39, 0.29) is 18.0 Å². The van der Waals surface area contributed by atoms with Gasteiger partial charge in [-0.15, -0.1) is 0 Å². The summed E-state index contributed by atoms with van der Waals surface area (Å²) in [5, 5.41) is 13.1. The molecule has 20 heavy (non-hydrogen) atoms. The Labute approximate surface area is 129 Å². The molecule has 0 atom stereocenters. The molecule has 0 amide bonds. The van der Waals surface area contributed by atoms with Gasteiger partial charge in [-0.1, -0.05) is 11.6 Å². The molecule has 1 aromatic carbocycles. The Morgan fingerprint density at radius 1 is 1.45 bits per heavy atom. The first-order chi connectivity index (χ1) is 9.42. The summed E-state index contributed by atoms with van der Waals surface area (Å²) in [6, 6.07) is 4.79. The van der Waals surface area contributed by atoms with Crippen molar-refractivity contribution >= 4 is 43.2 Å². The van der Waals surface area contributed by atoms with Crippen LogP contribution in [0.5, 0.6) is 0 Å². The maximum absolute atomic E-state index is 12.2. The Kier molecular flexibility index (Phi) is 4.69. The maximum Gasteiger partial charge on any atom is 0.265 e. The number of anilines is 1. The number of hydrogen-bond donors (Lipinski definition) is 2. The molecule has 0 spiro atoms. The van der Waals surface area contributed by atoms with Crippen molar-refractivity contribution in [3.63, 3.8) is 0 Å². The number of sulfonamides is 1. The van der Waals surface area contributed by atoms with Crippen LogP contribution in [0.4, 0.5) is 5.69 Å². The van der Waals surface area contributed by atoms with Crippen LogP contribution in [0.3, 0.4) is 0 Å². The molecular weight excluding hydrogens is 370 g/mol. The lowest BCUT2D eigenvalue weighted by Crippen LogP contribution is -2.13. The largest absolute Gasteiger partial charge is 0.394 e. The van der Waals surface area contributed by atoms with Gasteiger partial charge in [-0.05, 0) is 34.1 Å². The highest BCUT2D eigenvalue weighted by Crippen LogP contribution is 2.28. The van der Waals surface area contributed by atoms with Crippen molar-refractivity contribution in [1.82, 2.24) is 9.78 Å². The topological polar surface area (TPSA) is 84.2 Å². The molecule has 0 unspecified atom stereocenters. The van der Waals surface area contributed by atoms with Gasteiger partial charge < -0.3 is 5.11 Å². The lowest BCUT2D eigenvalue weighted by atomic mass is 10.3. The fourth-order valence-electron chi connectivity index (χ4n) is 1.49. The second kappa shape index (κ2) is 6.13. The lowest BCUT2D eigenvalue weighted by Gasteiger charge is -2.08. The van der Waals surface area contributed by atoms with Gasteiger partial charge in [0.15, 0.2) is 0 Å². The van der Waals surface area contributed by atoms with Crippen LogP contribution >= 0.6 is 27.5 Å². The van der Waals surface area contributed by atoms with Gasteiger partial charge in [0.1, 0.15) is 4.90 Å². The van der Waals surface area contributed by atoms with E-state index in [2.05, 4.69) is 25.8 Å². The molecule has 0 saturated heterocycles. The van der Waals surface area contributed by atoms with Crippen LogP contribution in [0, 0.1) is 0 Å². The molecule has 108 valence electrons. The van der Waals surface area contributed by atoms with Crippen molar-refractivity contribution in [3.05, 3.63) is 40.1 Å². The summed E-state index contributed by atoms with van der Waals surface area (Å²) in [7, 11) is -3.75. The van der Waals surface area contributed by atoms with E-state index >= 15 is 0 Å². The number of aromatic nitrogens is 2. The van der Waals surface area contributed by atoms with Gasteiger partial charge in [-0.3, -0.25) is 9.40 Å². The van der Waals surface area contributed by atoms with Crippen LogP contribution in [-0.2, 0) is 16.6 Å². The number of benzene rings is 1. The predicted octanol–water partition coefficient (Wildman–Crippen LogP) is 2.09. The standard InChI is InChI=1S/C11H11BrClN3O3S/c12-10-2-1-8(13)5-11(10)15-20(18,19)9-6-14-16(7-9)3-4-17/h1-2,5-7,15,17H,3-4H2. The highest BCUT2D eigenvalue weighted by atomic mass is 79.9. The van der Waals surface area contributed by atoms with E-state index in [9.17, 15) is 8.42 Å². The highest BCUT2D eigenvalue weighted by Gasteiger charge is 2.18. The van der Waals surface area contributed by atoms with Crippen molar-refractivity contribution in [3.8, 4) is 0 Å². The van der Waals surface area contributed by atoms with Crippen LogP contribution in [0.25, 0.3) is 0 Å². The predicted molar refractivity (Wildman–Crippen MR) is 79.3 cm³/mol. The molecule has 2 N–H and O–H groups in total. The van der Waals surface area contributed by atoms with Gasteiger partial charge in [0.25, 0.3) is 10.0 Å². The van der Waals surface area contributed by atoms with Crippen molar-refractivity contribution in [2.75, 3.05) is 11.3 Å². The Bertz CT molecular complexity index is 717. The van der Waals surface area contributed by atoms with Crippen LogP contribution in [0.2, 0.25) is 5.02 Å². The van der Waals surface area contributed by atoms with E-state index in [0.29, 0.717) is 15.2 Å². The van der Waals surface area contributed by atoms with Gasteiger partial charge in [0.05, 0.1) is 25.0 Å². The monoisotopic (exact) mass is 379 g/mol. The molecule has 0 aliphatic carbocycles. The smallest absolute Gasteiger partial charge is 0.265 e. The first-order valence-corrected chi connectivity index (χ1v) is 8.19. The third kappa shape index (κ3) is 3.51. The molecular formula is C11H11BrClN3O3S. The summed E-state index contributed by atoms with van der Waals surface area (Å²) in [4.78, 5) is 0.0119. The summed E-state index contributed by atoms with van der Waals surface area (Å²) >= 11 is 9.08. The Balaban J connectivity index is 2.28. The molecule has 2 aromatic rings. The van der Waals surface area contributed by atoms with E-state index in [0.717, 1.165) is 0 Å².